The van der Waals surface area contributed by atoms with Crippen LogP contribution < -0.4 is 5.32 Å². The SMILES string of the molecule is CCOC(C)CNCC1CC1. The van der Waals surface area contributed by atoms with E-state index in [-0.39, 0.29) is 0 Å². The number of ether oxygens (including phenoxy) is 1. The average Bonchev–Trinajstić information content (AvgIpc) is 2.72. The first-order valence-electron chi connectivity index (χ1n) is 4.65. The lowest BCUT2D eigenvalue weighted by Gasteiger charge is -2.11. The minimum atomic E-state index is 0.374. The highest BCUT2D eigenvalue weighted by Crippen LogP contribution is 2.27. The third kappa shape index (κ3) is 4.38. The fourth-order valence-corrected chi connectivity index (χ4v) is 1.16. The van der Waals surface area contributed by atoms with E-state index in [9.17, 15) is 0 Å². The molecule has 0 aromatic heterocycles. The molecule has 1 N–H and O–H groups in total. The highest BCUT2D eigenvalue weighted by atomic mass is 16.5. The summed E-state index contributed by atoms with van der Waals surface area (Å²) in [6.45, 7) is 7.18. The van der Waals surface area contributed by atoms with Gasteiger partial charge in [-0.25, -0.2) is 0 Å². The zero-order valence-corrected chi connectivity index (χ0v) is 7.60. The Kier molecular flexibility index (Phi) is 3.87. The highest BCUT2D eigenvalue weighted by molar-refractivity contribution is 4.75. The largest absolute Gasteiger partial charge is 0.377 e. The number of hydrogen-bond donors (Lipinski definition) is 1. The molecule has 1 aliphatic rings. The molecule has 0 radical (unpaired) electrons. The van der Waals surface area contributed by atoms with E-state index in [2.05, 4.69) is 12.2 Å². The summed E-state index contributed by atoms with van der Waals surface area (Å²) < 4.78 is 5.38. The van der Waals surface area contributed by atoms with Gasteiger partial charge in [0.1, 0.15) is 0 Å². The predicted octanol–water partition coefficient (Wildman–Crippen LogP) is 1.41. The molecule has 0 bridgehead atoms. The minimum Gasteiger partial charge on any atom is -0.377 e. The highest BCUT2D eigenvalue weighted by Gasteiger charge is 2.20. The van der Waals surface area contributed by atoms with Crippen LogP contribution in [-0.2, 0) is 4.74 Å². The van der Waals surface area contributed by atoms with Gasteiger partial charge in [0.05, 0.1) is 6.10 Å². The Balaban J connectivity index is 1.84. The second-order valence-electron chi connectivity index (χ2n) is 3.37. The Morgan fingerprint density at radius 1 is 1.55 bits per heavy atom. The van der Waals surface area contributed by atoms with Gasteiger partial charge in [0, 0.05) is 13.2 Å². The van der Waals surface area contributed by atoms with E-state index < -0.39 is 0 Å². The maximum atomic E-state index is 5.38. The normalized spacial score (nSPS) is 20.2. The fraction of sp³-hybridized carbons (Fsp3) is 1.00. The summed E-state index contributed by atoms with van der Waals surface area (Å²) in [4.78, 5) is 0. The van der Waals surface area contributed by atoms with Crippen molar-refractivity contribution < 1.29 is 4.74 Å². The molecule has 0 aliphatic heterocycles. The second kappa shape index (κ2) is 4.73. The Hall–Kier alpha value is -0.0800. The Labute approximate surface area is 69.3 Å². The first kappa shape index (κ1) is 9.01. The van der Waals surface area contributed by atoms with Gasteiger partial charge in [-0.05, 0) is 39.2 Å². The van der Waals surface area contributed by atoms with Gasteiger partial charge in [0.2, 0.25) is 0 Å². The van der Waals surface area contributed by atoms with Crippen LogP contribution >= 0.6 is 0 Å². The van der Waals surface area contributed by atoms with Crippen molar-refractivity contribution >= 4 is 0 Å². The van der Waals surface area contributed by atoms with Crippen molar-refractivity contribution in [2.45, 2.75) is 32.8 Å². The van der Waals surface area contributed by atoms with Crippen LogP contribution in [0.4, 0.5) is 0 Å². The van der Waals surface area contributed by atoms with Crippen molar-refractivity contribution in [1.29, 1.82) is 0 Å². The van der Waals surface area contributed by atoms with Crippen molar-refractivity contribution in [2.75, 3.05) is 19.7 Å². The van der Waals surface area contributed by atoms with Gasteiger partial charge in [-0.2, -0.15) is 0 Å². The summed E-state index contributed by atoms with van der Waals surface area (Å²) in [5.74, 6) is 0.976. The molecule has 0 aromatic carbocycles. The number of rotatable bonds is 6. The van der Waals surface area contributed by atoms with Crippen molar-refractivity contribution in [3.63, 3.8) is 0 Å². The molecule has 0 aromatic rings. The van der Waals surface area contributed by atoms with E-state index in [0.29, 0.717) is 6.10 Å². The van der Waals surface area contributed by atoms with Crippen molar-refractivity contribution in [3.05, 3.63) is 0 Å². The molecule has 2 heteroatoms. The van der Waals surface area contributed by atoms with Gasteiger partial charge < -0.3 is 10.1 Å². The summed E-state index contributed by atoms with van der Waals surface area (Å²) in [7, 11) is 0. The molecule has 0 heterocycles. The van der Waals surface area contributed by atoms with Gasteiger partial charge in [-0.3, -0.25) is 0 Å². The standard InChI is InChI=1S/C9H19NO/c1-3-11-8(2)6-10-7-9-4-5-9/h8-10H,3-7H2,1-2H3. The molecule has 11 heavy (non-hydrogen) atoms. The summed E-state index contributed by atoms with van der Waals surface area (Å²) >= 11 is 0. The van der Waals surface area contributed by atoms with E-state index in [1.807, 2.05) is 6.92 Å². The van der Waals surface area contributed by atoms with Crippen molar-refractivity contribution in [3.8, 4) is 0 Å². The third-order valence-electron chi connectivity index (χ3n) is 2.01. The summed E-state index contributed by atoms with van der Waals surface area (Å²) in [6, 6.07) is 0. The molecule has 66 valence electrons. The van der Waals surface area contributed by atoms with Crippen LogP contribution in [0.2, 0.25) is 0 Å². The lowest BCUT2D eigenvalue weighted by Crippen LogP contribution is -2.28. The Morgan fingerprint density at radius 2 is 2.27 bits per heavy atom. The van der Waals surface area contributed by atoms with Crippen LogP contribution in [0.1, 0.15) is 26.7 Å². The Morgan fingerprint density at radius 3 is 2.82 bits per heavy atom. The Bertz CT molecular complexity index is 102. The quantitative estimate of drug-likeness (QED) is 0.629. The van der Waals surface area contributed by atoms with Crippen LogP contribution in [0.3, 0.4) is 0 Å². The zero-order chi connectivity index (χ0) is 8.10. The fourth-order valence-electron chi connectivity index (χ4n) is 1.16. The molecule has 1 fully saturated rings. The third-order valence-corrected chi connectivity index (χ3v) is 2.01. The van der Waals surface area contributed by atoms with Crippen molar-refractivity contribution in [2.24, 2.45) is 5.92 Å². The number of hydrogen-bond acceptors (Lipinski definition) is 2. The maximum Gasteiger partial charge on any atom is 0.0671 e. The molecule has 1 unspecified atom stereocenters. The molecule has 2 nitrogen and oxygen atoms in total. The first-order valence-corrected chi connectivity index (χ1v) is 4.65. The van der Waals surface area contributed by atoms with Gasteiger partial charge in [-0.1, -0.05) is 0 Å². The molecular weight excluding hydrogens is 138 g/mol. The molecule has 0 saturated heterocycles. The van der Waals surface area contributed by atoms with E-state index in [0.717, 1.165) is 19.1 Å². The molecule has 0 amide bonds. The number of nitrogens with one attached hydrogen (secondary N) is 1. The van der Waals surface area contributed by atoms with Crippen molar-refractivity contribution in [1.82, 2.24) is 5.32 Å². The first-order chi connectivity index (χ1) is 5.33. The van der Waals surface area contributed by atoms with E-state index in [1.165, 1.54) is 19.4 Å². The van der Waals surface area contributed by atoms with Crippen LogP contribution in [0, 0.1) is 5.92 Å². The summed E-state index contributed by atoms with van der Waals surface area (Å²) in [6.07, 6.45) is 3.23. The van der Waals surface area contributed by atoms with E-state index in [1.54, 1.807) is 0 Å². The van der Waals surface area contributed by atoms with E-state index in [4.69, 9.17) is 4.74 Å². The maximum absolute atomic E-state index is 5.38. The lowest BCUT2D eigenvalue weighted by molar-refractivity contribution is 0.0761. The van der Waals surface area contributed by atoms with Crippen LogP contribution in [0.25, 0.3) is 0 Å². The average molecular weight is 157 g/mol. The predicted molar refractivity (Wildman–Crippen MR) is 46.7 cm³/mol. The van der Waals surface area contributed by atoms with Crippen LogP contribution in [-0.4, -0.2) is 25.8 Å². The van der Waals surface area contributed by atoms with Gasteiger partial charge in [-0.15, -0.1) is 0 Å². The smallest absolute Gasteiger partial charge is 0.0671 e. The molecule has 1 saturated carbocycles. The summed E-state index contributed by atoms with van der Waals surface area (Å²) in [5.41, 5.74) is 0. The second-order valence-corrected chi connectivity index (χ2v) is 3.37. The topological polar surface area (TPSA) is 21.3 Å². The van der Waals surface area contributed by atoms with Gasteiger partial charge >= 0.3 is 0 Å². The van der Waals surface area contributed by atoms with Gasteiger partial charge in [0.15, 0.2) is 0 Å². The monoisotopic (exact) mass is 157 g/mol. The molecule has 1 rings (SSSR count). The molecular formula is C9H19NO. The van der Waals surface area contributed by atoms with E-state index >= 15 is 0 Å². The zero-order valence-electron chi connectivity index (χ0n) is 7.60. The van der Waals surface area contributed by atoms with Gasteiger partial charge in [0.25, 0.3) is 0 Å². The lowest BCUT2D eigenvalue weighted by atomic mass is 10.3. The minimum absolute atomic E-state index is 0.374. The molecule has 0 spiro atoms. The summed E-state index contributed by atoms with van der Waals surface area (Å²) in [5, 5.41) is 3.41. The van der Waals surface area contributed by atoms with Crippen LogP contribution in [0.5, 0.6) is 0 Å². The van der Waals surface area contributed by atoms with Crippen LogP contribution in [0.15, 0.2) is 0 Å². The molecule has 1 atom stereocenters. The molecule has 1 aliphatic carbocycles.